The molecular weight excluding hydrogens is 254 g/mol. The summed E-state index contributed by atoms with van der Waals surface area (Å²) in [6.07, 6.45) is 2.00. The third kappa shape index (κ3) is 2.13. The summed E-state index contributed by atoms with van der Waals surface area (Å²) in [5, 5.41) is 1.25. The molecule has 0 aliphatic heterocycles. The normalized spacial score (nSPS) is 10.9. The number of H-pyrrole nitrogens is 1. The van der Waals surface area contributed by atoms with Crippen LogP contribution in [0.2, 0.25) is 0 Å². The zero-order chi connectivity index (χ0) is 14.1. The van der Waals surface area contributed by atoms with E-state index in [1.54, 1.807) is 0 Å². The van der Waals surface area contributed by atoms with Gasteiger partial charge in [-0.15, -0.1) is 0 Å². The summed E-state index contributed by atoms with van der Waals surface area (Å²) in [7, 11) is 0. The van der Waals surface area contributed by atoms with Gasteiger partial charge in [0.05, 0.1) is 5.52 Å². The van der Waals surface area contributed by atoms with Crippen molar-refractivity contribution in [1.29, 1.82) is 0 Å². The minimum atomic E-state index is 1.20. The molecule has 0 amide bonds. The van der Waals surface area contributed by atoms with Gasteiger partial charge in [-0.1, -0.05) is 66.7 Å². The van der Waals surface area contributed by atoms with Crippen molar-refractivity contribution in [3.05, 3.63) is 85.1 Å². The van der Waals surface area contributed by atoms with Crippen molar-refractivity contribution in [3.8, 4) is 22.3 Å². The van der Waals surface area contributed by atoms with E-state index in [4.69, 9.17) is 0 Å². The second-order valence-electron chi connectivity index (χ2n) is 5.19. The molecule has 4 rings (SSSR count). The first-order valence-corrected chi connectivity index (χ1v) is 7.14. The maximum absolute atomic E-state index is 3.35. The van der Waals surface area contributed by atoms with Gasteiger partial charge in [0.25, 0.3) is 0 Å². The molecule has 1 N–H and O–H groups in total. The summed E-state index contributed by atoms with van der Waals surface area (Å²) in [6, 6.07) is 27.7. The average molecular weight is 269 g/mol. The first-order valence-electron chi connectivity index (χ1n) is 7.14. The van der Waals surface area contributed by atoms with Gasteiger partial charge in [-0.25, -0.2) is 0 Å². The Hall–Kier alpha value is -2.80. The van der Waals surface area contributed by atoms with E-state index in [1.807, 2.05) is 12.3 Å². The van der Waals surface area contributed by atoms with E-state index in [-0.39, 0.29) is 0 Å². The smallest absolute Gasteiger partial charge is 0.0533 e. The Kier molecular flexibility index (Phi) is 2.82. The number of aromatic amines is 1. The van der Waals surface area contributed by atoms with E-state index in [0.717, 1.165) is 0 Å². The lowest BCUT2D eigenvalue weighted by Crippen LogP contribution is -1.83. The van der Waals surface area contributed by atoms with Crippen molar-refractivity contribution >= 4 is 10.9 Å². The van der Waals surface area contributed by atoms with Crippen molar-refractivity contribution in [2.24, 2.45) is 0 Å². The Morgan fingerprint density at radius 1 is 0.571 bits per heavy atom. The summed E-state index contributed by atoms with van der Waals surface area (Å²) in [5.41, 5.74) is 6.18. The molecule has 0 atom stereocenters. The van der Waals surface area contributed by atoms with Gasteiger partial charge < -0.3 is 4.98 Å². The molecule has 0 unspecified atom stereocenters. The molecule has 4 aromatic rings. The third-order valence-corrected chi connectivity index (χ3v) is 3.87. The molecule has 1 nitrogen and oxygen atoms in total. The van der Waals surface area contributed by atoms with Crippen molar-refractivity contribution in [1.82, 2.24) is 4.98 Å². The van der Waals surface area contributed by atoms with E-state index in [9.17, 15) is 0 Å². The lowest BCUT2D eigenvalue weighted by Gasteiger charge is -2.07. The number of aromatic nitrogens is 1. The molecule has 100 valence electrons. The number of benzene rings is 3. The van der Waals surface area contributed by atoms with Crippen molar-refractivity contribution in [3.63, 3.8) is 0 Å². The number of para-hydroxylation sites is 1. The van der Waals surface area contributed by atoms with Gasteiger partial charge in [-0.3, -0.25) is 0 Å². The van der Waals surface area contributed by atoms with Crippen LogP contribution in [0, 0.1) is 0 Å². The van der Waals surface area contributed by atoms with Gasteiger partial charge in [-0.2, -0.15) is 0 Å². The van der Waals surface area contributed by atoms with Gasteiger partial charge >= 0.3 is 0 Å². The van der Waals surface area contributed by atoms with Crippen LogP contribution in [0.3, 0.4) is 0 Å². The molecular formula is C20H15N. The standard InChI is InChI=1S/C20H15N/c1-2-6-15(7-3-1)17-9-4-10-18(14-17)19-11-5-8-16-12-13-21-20(16)19/h1-14,21H. The Morgan fingerprint density at radius 3 is 2.24 bits per heavy atom. The van der Waals surface area contributed by atoms with Crippen LogP contribution in [0.5, 0.6) is 0 Å². The van der Waals surface area contributed by atoms with Crippen molar-refractivity contribution < 1.29 is 0 Å². The molecule has 0 saturated carbocycles. The number of hydrogen-bond donors (Lipinski definition) is 1. The molecule has 0 bridgehead atoms. The highest BCUT2D eigenvalue weighted by Crippen LogP contribution is 2.30. The molecule has 3 aromatic carbocycles. The zero-order valence-electron chi connectivity index (χ0n) is 11.6. The minimum absolute atomic E-state index is 1.20. The summed E-state index contributed by atoms with van der Waals surface area (Å²) in [5.74, 6) is 0. The summed E-state index contributed by atoms with van der Waals surface area (Å²) in [6.45, 7) is 0. The van der Waals surface area contributed by atoms with Crippen LogP contribution in [0.15, 0.2) is 85.1 Å². The van der Waals surface area contributed by atoms with Gasteiger partial charge in [0, 0.05) is 11.8 Å². The fraction of sp³-hybridized carbons (Fsp3) is 0. The van der Waals surface area contributed by atoms with E-state index < -0.39 is 0 Å². The first kappa shape index (κ1) is 12.0. The largest absolute Gasteiger partial charge is 0.361 e. The van der Waals surface area contributed by atoms with E-state index in [1.165, 1.54) is 33.2 Å². The topological polar surface area (TPSA) is 15.8 Å². The summed E-state index contributed by atoms with van der Waals surface area (Å²) < 4.78 is 0. The van der Waals surface area contributed by atoms with Crippen LogP contribution >= 0.6 is 0 Å². The lowest BCUT2D eigenvalue weighted by atomic mass is 9.98. The summed E-state index contributed by atoms with van der Waals surface area (Å²) in [4.78, 5) is 3.35. The predicted octanol–water partition coefficient (Wildman–Crippen LogP) is 5.50. The second-order valence-corrected chi connectivity index (χ2v) is 5.19. The predicted molar refractivity (Wildman–Crippen MR) is 89.2 cm³/mol. The SMILES string of the molecule is c1ccc(-c2cccc(-c3cccc4cc[nH]c34)c2)cc1. The molecule has 1 heterocycles. The molecule has 0 aliphatic carbocycles. The van der Waals surface area contributed by atoms with Crippen LogP contribution in [-0.4, -0.2) is 4.98 Å². The van der Waals surface area contributed by atoms with E-state index >= 15 is 0 Å². The lowest BCUT2D eigenvalue weighted by molar-refractivity contribution is 1.47. The third-order valence-electron chi connectivity index (χ3n) is 3.87. The maximum Gasteiger partial charge on any atom is 0.0533 e. The zero-order valence-corrected chi connectivity index (χ0v) is 11.6. The van der Waals surface area contributed by atoms with Crippen LogP contribution in [0.1, 0.15) is 0 Å². The van der Waals surface area contributed by atoms with Gasteiger partial charge in [0.2, 0.25) is 0 Å². The van der Waals surface area contributed by atoms with Crippen LogP contribution in [0.4, 0.5) is 0 Å². The quantitative estimate of drug-likeness (QED) is 0.494. The number of fused-ring (bicyclic) bond motifs is 1. The molecule has 0 aliphatic rings. The molecule has 1 aromatic heterocycles. The molecule has 0 fully saturated rings. The van der Waals surface area contributed by atoms with E-state index in [0.29, 0.717) is 0 Å². The highest BCUT2D eigenvalue weighted by molar-refractivity contribution is 5.94. The monoisotopic (exact) mass is 269 g/mol. The maximum atomic E-state index is 3.35. The number of nitrogens with one attached hydrogen (secondary N) is 1. The Balaban J connectivity index is 1.88. The molecule has 0 saturated heterocycles. The highest BCUT2D eigenvalue weighted by Gasteiger charge is 2.05. The Morgan fingerprint density at radius 2 is 1.33 bits per heavy atom. The molecule has 21 heavy (non-hydrogen) atoms. The second kappa shape index (κ2) is 4.95. The van der Waals surface area contributed by atoms with Gasteiger partial charge in [0.1, 0.15) is 0 Å². The Bertz CT molecular complexity index is 888. The number of rotatable bonds is 2. The minimum Gasteiger partial charge on any atom is -0.361 e. The van der Waals surface area contributed by atoms with E-state index in [2.05, 4.69) is 77.8 Å². The van der Waals surface area contributed by atoms with Crippen LogP contribution < -0.4 is 0 Å². The molecule has 0 radical (unpaired) electrons. The molecule has 0 spiro atoms. The van der Waals surface area contributed by atoms with Gasteiger partial charge in [-0.05, 0) is 34.2 Å². The first-order chi connectivity index (χ1) is 10.4. The fourth-order valence-electron chi connectivity index (χ4n) is 2.82. The average Bonchev–Trinajstić information content (AvgIpc) is 3.04. The van der Waals surface area contributed by atoms with Crippen molar-refractivity contribution in [2.45, 2.75) is 0 Å². The Labute approximate surface area is 123 Å². The number of hydrogen-bond acceptors (Lipinski definition) is 0. The van der Waals surface area contributed by atoms with Crippen molar-refractivity contribution in [2.75, 3.05) is 0 Å². The fourth-order valence-corrected chi connectivity index (χ4v) is 2.82. The van der Waals surface area contributed by atoms with Crippen LogP contribution in [-0.2, 0) is 0 Å². The van der Waals surface area contributed by atoms with Gasteiger partial charge in [0.15, 0.2) is 0 Å². The summed E-state index contributed by atoms with van der Waals surface area (Å²) >= 11 is 0. The highest BCUT2D eigenvalue weighted by atomic mass is 14.7. The van der Waals surface area contributed by atoms with Crippen LogP contribution in [0.25, 0.3) is 33.2 Å². The molecule has 1 heteroatoms.